The van der Waals surface area contributed by atoms with Crippen LogP contribution in [0.4, 0.5) is 0 Å². The van der Waals surface area contributed by atoms with E-state index in [1.54, 1.807) is 0 Å². The number of benzene rings is 1. The Labute approximate surface area is 115 Å². The van der Waals surface area contributed by atoms with E-state index in [2.05, 4.69) is 45.0 Å². The van der Waals surface area contributed by atoms with E-state index >= 15 is 0 Å². The summed E-state index contributed by atoms with van der Waals surface area (Å²) >= 11 is 1.85. The van der Waals surface area contributed by atoms with Gasteiger partial charge in [0, 0.05) is 4.90 Å². The molecule has 0 N–H and O–H groups in total. The Bertz CT molecular complexity index is 412. The zero-order valence-electron chi connectivity index (χ0n) is 10.7. The second-order valence-corrected chi connectivity index (χ2v) is 5.88. The number of thioether (sulfide) groups is 1. The van der Waals surface area contributed by atoms with Crippen molar-refractivity contribution in [3.05, 3.63) is 29.8 Å². The number of nitrogens with zero attached hydrogens (tertiary/aromatic N) is 1. The van der Waals surface area contributed by atoms with Gasteiger partial charge >= 0.3 is 0 Å². The largest absolute Gasteiger partial charge is 0.272 e. The van der Waals surface area contributed by atoms with Gasteiger partial charge in [-0.25, -0.2) is 0 Å². The summed E-state index contributed by atoms with van der Waals surface area (Å²) in [5, 5.41) is 1.30. The number of rotatable bonds is 3. The molecule has 0 saturated heterocycles. The summed E-state index contributed by atoms with van der Waals surface area (Å²) in [5.74, 6) is 0. The first kappa shape index (κ1) is 14.6. The van der Waals surface area contributed by atoms with Crippen molar-refractivity contribution in [1.29, 1.82) is 0 Å². The van der Waals surface area contributed by atoms with Gasteiger partial charge in [-0.15, -0.1) is 12.4 Å². The molecule has 94 valence electrons. The number of halogens is 1. The standard InChI is InChI=1S/C14H19NS.ClH/c1-4-5-10-13-15-14(2,3)11-8-6-7-9-12(11)16-13;/h6-9H,4-5,10H2,1-3H3;1H. The Morgan fingerprint density at radius 2 is 1.94 bits per heavy atom. The van der Waals surface area contributed by atoms with Crippen LogP contribution in [-0.2, 0) is 5.54 Å². The Hall–Kier alpha value is -0.470. The number of hydrogen-bond donors (Lipinski definition) is 0. The number of aliphatic imine (C=N–C) groups is 1. The average Bonchev–Trinajstić information content (AvgIpc) is 2.25. The van der Waals surface area contributed by atoms with E-state index in [9.17, 15) is 0 Å². The van der Waals surface area contributed by atoms with Gasteiger partial charge in [0.25, 0.3) is 0 Å². The van der Waals surface area contributed by atoms with Crippen molar-refractivity contribution in [2.24, 2.45) is 4.99 Å². The van der Waals surface area contributed by atoms with Crippen molar-refractivity contribution in [2.45, 2.75) is 50.5 Å². The van der Waals surface area contributed by atoms with Gasteiger partial charge in [-0.3, -0.25) is 4.99 Å². The normalized spacial score (nSPS) is 16.8. The van der Waals surface area contributed by atoms with Crippen molar-refractivity contribution >= 4 is 29.2 Å². The number of fused-ring (bicyclic) bond motifs is 1. The Morgan fingerprint density at radius 1 is 1.24 bits per heavy atom. The van der Waals surface area contributed by atoms with Gasteiger partial charge in [0.15, 0.2) is 0 Å². The third kappa shape index (κ3) is 3.26. The van der Waals surface area contributed by atoms with Crippen LogP contribution in [0.3, 0.4) is 0 Å². The molecular formula is C14H20ClNS. The third-order valence-corrected chi connectivity index (χ3v) is 4.03. The van der Waals surface area contributed by atoms with Crippen LogP contribution < -0.4 is 0 Å². The molecule has 0 radical (unpaired) electrons. The molecule has 2 rings (SSSR count). The minimum absolute atomic E-state index is 0. The Kier molecular flexibility index (Phi) is 5.08. The van der Waals surface area contributed by atoms with E-state index in [4.69, 9.17) is 4.99 Å². The summed E-state index contributed by atoms with van der Waals surface area (Å²) < 4.78 is 0. The molecule has 0 bridgehead atoms. The smallest absolute Gasteiger partial charge is 0.0820 e. The first-order valence-corrected chi connectivity index (χ1v) is 6.81. The van der Waals surface area contributed by atoms with Crippen LogP contribution in [0.25, 0.3) is 0 Å². The first-order valence-electron chi connectivity index (χ1n) is 5.99. The average molecular weight is 270 g/mol. The van der Waals surface area contributed by atoms with Crippen LogP contribution in [-0.4, -0.2) is 5.04 Å². The summed E-state index contributed by atoms with van der Waals surface area (Å²) in [6, 6.07) is 8.63. The molecule has 0 aliphatic carbocycles. The van der Waals surface area contributed by atoms with Crippen LogP contribution in [0.2, 0.25) is 0 Å². The zero-order valence-corrected chi connectivity index (χ0v) is 12.3. The molecule has 3 heteroatoms. The Balaban J connectivity index is 0.00000144. The van der Waals surface area contributed by atoms with Crippen molar-refractivity contribution in [3.8, 4) is 0 Å². The highest BCUT2D eigenvalue weighted by molar-refractivity contribution is 8.14. The fourth-order valence-corrected chi connectivity index (χ4v) is 3.37. The highest BCUT2D eigenvalue weighted by atomic mass is 35.5. The van der Waals surface area contributed by atoms with Gasteiger partial charge in [-0.05, 0) is 38.3 Å². The molecule has 1 nitrogen and oxygen atoms in total. The molecule has 0 amide bonds. The van der Waals surface area contributed by atoms with E-state index in [0.717, 1.165) is 6.42 Å². The zero-order chi connectivity index (χ0) is 11.6. The van der Waals surface area contributed by atoms with Crippen molar-refractivity contribution < 1.29 is 0 Å². The van der Waals surface area contributed by atoms with Crippen molar-refractivity contribution in [1.82, 2.24) is 0 Å². The highest BCUT2D eigenvalue weighted by Crippen LogP contribution is 2.40. The Morgan fingerprint density at radius 3 is 2.65 bits per heavy atom. The van der Waals surface area contributed by atoms with E-state index in [1.807, 2.05) is 11.8 Å². The van der Waals surface area contributed by atoms with E-state index in [1.165, 1.54) is 28.3 Å². The minimum atomic E-state index is -0.0507. The van der Waals surface area contributed by atoms with Crippen molar-refractivity contribution in [3.63, 3.8) is 0 Å². The molecule has 1 aliphatic heterocycles. The van der Waals surface area contributed by atoms with E-state index < -0.39 is 0 Å². The highest BCUT2D eigenvalue weighted by Gasteiger charge is 2.27. The molecule has 1 aromatic rings. The molecular weight excluding hydrogens is 250 g/mol. The lowest BCUT2D eigenvalue weighted by atomic mass is 9.95. The monoisotopic (exact) mass is 269 g/mol. The lowest BCUT2D eigenvalue weighted by Gasteiger charge is -2.29. The number of unbranched alkanes of at least 4 members (excludes halogenated alkanes) is 1. The SMILES string of the molecule is CCCCC1=NC(C)(C)c2ccccc2S1.Cl. The van der Waals surface area contributed by atoms with Gasteiger partial charge < -0.3 is 0 Å². The van der Waals surface area contributed by atoms with Gasteiger partial charge in [-0.2, -0.15) is 0 Å². The van der Waals surface area contributed by atoms with Crippen LogP contribution in [0.15, 0.2) is 34.2 Å². The fraction of sp³-hybridized carbons (Fsp3) is 0.500. The minimum Gasteiger partial charge on any atom is -0.272 e. The van der Waals surface area contributed by atoms with Crippen LogP contribution >= 0.6 is 24.2 Å². The molecule has 1 aliphatic rings. The number of hydrogen-bond acceptors (Lipinski definition) is 2. The summed E-state index contributed by atoms with van der Waals surface area (Å²) in [5.41, 5.74) is 1.31. The van der Waals surface area contributed by atoms with Crippen LogP contribution in [0.5, 0.6) is 0 Å². The molecule has 1 aromatic carbocycles. The van der Waals surface area contributed by atoms with Crippen molar-refractivity contribution in [2.75, 3.05) is 0 Å². The lowest BCUT2D eigenvalue weighted by Crippen LogP contribution is -2.21. The fourth-order valence-electron chi connectivity index (χ4n) is 2.02. The second-order valence-electron chi connectivity index (χ2n) is 4.77. The summed E-state index contributed by atoms with van der Waals surface area (Å²) in [6.45, 7) is 6.64. The van der Waals surface area contributed by atoms with E-state index in [0.29, 0.717) is 0 Å². The molecule has 0 spiro atoms. The second kappa shape index (κ2) is 5.92. The summed E-state index contributed by atoms with van der Waals surface area (Å²) in [6.07, 6.45) is 3.60. The van der Waals surface area contributed by atoms with Crippen LogP contribution in [0.1, 0.15) is 45.6 Å². The maximum absolute atomic E-state index is 4.87. The quantitative estimate of drug-likeness (QED) is 0.749. The summed E-state index contributed by atoms with van der Waals surface area (Å²) in [7, 11) is 0. The van der Waals surface area contributed by atoms with Gasteiger partial charge in [0.05, 0.1) is 10.6 Å². The maximum Gasteiger partial charge on any atom is 0.0820 e. The van der Waals surface area contributed by atoms with Crippen LogP contribution in [0, 0.1) is 0 Å². The topological polar surface area (TPSA) is 12.4 Å². The maximum atomic E-state index is 4.87. The predicted octanol–water partition coefficient (Wildman–Crippen LogP) is 5.04. The molecule has 0 saturated carbocycles. The first-order chi connectivity index (χ1) is 7.63. The third-order valence-electron chi connectivity index (χ3n) is 2.92. The van der Waals surface area contributed by atoms with E-state index in [-0.39, 0.29) is 17.9 Å². The summed E-state index contributed by atoms with van der Waals surface area (Å²) in [4.78, 5) is 6.26. The molecule has 0 unspecified atom stereocenters. The van der Waals surface area contributed by atoms with Gasteiger partial charge in [0.2, 0.25) is 0 Å². The molecule has 17 heavy (non-hydrogen) atoms. The molecule has 0 fully saturated rings. The predicted molar refractivity (Wildman–Crippen MR) is 79.5 cm³/mol. The molecule has 0 aromatic heterocycles. The lowest BCUT2D eigenvalue weighted by molar-refractivity contribution is 0.543. The van der Waals surface area contributed by atoms with Gasteiger partial charge in [-0.1, -0.05) is 43.3 Å². The van der Waals surface area contributed by atoms with Gasteiger partial charge in [0.1, 0.15) is 0 Å². The molecule has 0 atom stereocenters. The molecule has 1 heterocycles.